The van der Waals surface area contributed by atoms with Gasteiger partial charge in [0.15, 0.2) is 10.9 Å². The molecule has 0 bridgehead atoms. The number of nitrogens with zero attached hydrogens (tertiary/aromatic N) is 4. The third kappa shape index (κ3) is 14.3. The Bertz CT molecular complexity index is 3330. The minimum Gasteiger partial charge on any atom is -0.374 e. The molecule has 0 N–H and O–H groups in total. The summed E-state index contributed by atoms with van der Waals surface area (Å²) in [4.78, 5) is 32.1. The Balaban J connectivity index is 0.818. The maximum atomic E-state index is 13.4. The highest BCUT2D eigenvalue weighted by molar-refractivity contribution is 5.95. The fraction of sp³-hybridized carbons (Fsp3) is 0.506. The Morgan fingerprint density at radius 1 is 0.386 bits per heavy atom. The number of fused-ring (bicyclic) bond motifs is 7. The van der Waals surface area contributed by atoms with Crippen molar-refractivity contribution in [3.05, 3.63) is 163 Å². The topological polar surface area (TPSA) is 50.5 Å². The van der Waals surface area contributed by atoms with Gasteiger partial charge in [0, 0.05) is 79.6 Å². The van der Waals surface area contributed by atoms with Crippen LogP contribution < -0.4 is 20.7 Å². The van der Waals surface area contributed by atoms with E-state index in [-0.39, 0.29) is 16.3 Å². The first-order valence-electron chi connectivity index (χ1n) is 33.2. The first kappa shape index (κ1) is 61.4. The summed E-state index contributed by atoms with van der Waals surface area (Å²) < 4.78 is 4.32. The van der Waals surface area contributed by atoms with E-state index in [9.17, 15) is 9.59 Å². The molecule has 9 rings (SSSR count). The Hall–Kier alpha value is -6.14. The molecule has 0 saturated carbocycles. The fourth-order valence-corrected chi connectivity index (χ4v) is 14.6. The lowest BCUT2D eigenvalue weighted by Crippen LogP contribution is -2.27. The monoisotopic (exact) mass is 1110 g/mol. The number of benzene rings is 6. The molecular weight excluding hydrogens is 1010 g/mol. The van der Waals surface area contributed by atoms with Crippen LogP contribution in [-0.2, 0) is 32.4 Å². The number of hydrogen-bond acceptors (Lipinski definition) is 4. The molecule has 442 valence electrons. The summed E-state index contributed by atoms with van der Waals surface area (Å²) in [5.41, 5.74) is 18.8. The zero-order valence-electron chi connectivity index (χ0n) is 52.7. The smallest absolute Gasteiger partial charge is 0.197 e. The number of para-hydroxylation sites is 2. The van der Waals surface area contributed by atoms with E-state index < -0.39 is 0 Å². The standard InChI is InChI=1S/C77H102N4O2/c1-9-11-13-15-23-33-47-77(48-34-24-16-14-12-10-2)67-55-73(78(5)49-35-25-19-17-21-27-37-59-43-45-71-65(53-59)75(82)61-39-29-31-41-69(61)80(71)7)57(3)51-63(67)64-52-58(4)74(56-68(64)77)79(6)50-36-26-20-18-22-28-38-60-44-46-72-66(54-60)76(83)62-40-30-32-42-70(62)81(72)8/h29-32,39-46,51-56H,9-28,33-38,47-50H2,1-8H3. The average Bonchev–Trinajstić information content (AvgIpc) is 2.10. The van der Waals surface area contributed by atoms with E-state index in [4.69, 9.17) is 0 Å². The van der Waals surface area contributed by atoms with Gasteiger partial charge in [0.1, 0.15) is 0 Å². The number of anilines is 2. The fourth-order valence-electron chi connectivity index (χ4n) is 14.6. The maximum Gasteiger partial charge on any atom is 0.197 e. The second-order valence-electron chi connectivity index (χ2n) is 25.6. The van der Waals surface area contributed by atoms with E-state index in [0.29, 0.717) is 0 Å². The van der Waals surface area contributed by atoms with Crippen molar-refractivity contribution in [2.45, 2.75) is 213 Å². The van der Waals surface area contributed by atoms with Crippen molar-refractivity contribution >= 4 is 55.0 Å². The van der Waals surface area contributed by atoms with Crippen LogP contribution in [-0.4, -0.2) is 36.3 Å². The molecule has 0 spiro atoms. The minimum atomic E-state index is 0.0274. The second-order valence-corrected chi connectivity index (χ2v) is 25.6. The molecule has 0 aliphatic heterocycles. The highest BCUT2D eigenvalue weighted by Gasteiger charge is 2.43. The van der Waals surface area contributed by atoms with E-state index in [0.717, 1.165) is 82.4 Å². The van der Waals surface area contributed by atoms with Gasteiger partial charge in [-0.15, -0.1) is 0 Å². The van der Waals surface area contributed by atoms with E-state index in [1.54, 1.807) is 11.1 Å². The van der Waals surface area contributed by atoms with Crippen LogP contribution in [0.3, 0.4) is 0 Å². The number of unbranched alkanes of at least 4 members (excludes halogenated alkanes) is 20. The third-order valence-corrected chi connectivity index (χ3v) is 19.5. The molecule has 0 saturated heterocycles. The molecule has 0 fully saturated rings. The van der Waals surface area contributed by atoms with E-state index >= 15 is 0 Å². The van der Waals surface area contributed by atoms with Gasteiger partial charge in [-0.05, 0) is 183 Å². The summed E-state index contributed by atoms with van der Waals surface area (Å²) in [6.07, 6.45) is 35.2. The summed E-state index contributed by atoms with van der Waals surface area (Å²) in [5.74, 6) is 0. The summed E-state index contributed by atoms with van der Waals surface area (Å²) >= 11 is 0. The molecule has 2 heterocycles. The van der Waals surface area contributed by atoms with Crippen molar-refractivity contribution in [3.8, 4) is 11.1 Å². The van der Waals surface area contributed by atoms with Gasteiger partial charge in [-0.2, -0.15) is 0 Å². The molecule has 1 aliphatic rings. The molecule has 6 aromatic carbocycles. The van der Waals surface area contributed by atoms with Crippen molar-refractivity contribution in [1.82, 2.24) is 9.13 Å². The van der Waals surface area contributed by atoms with Crippen molar-refractivity contribution in [1.29, 1.82) is 0 Å². The van der Waals surface area contributed by atoms with Crippen LogP contribution in [0.5, 0.6) is 0 Å². The van der Waals surface area contributed by atoms with Crippen molar-refractivity contribution in [2.75, 3.05) is 37.0 Å². The van der Waals surface area contributed by atoms with Gasteiger partial charge in [-0.25, -0.2) is 0 Å². The molecule has 2 aromatic heterocycles. The Labute approximate surface area is 499 Å². The number of aryl methyl sites for hydroxylation is 6. The molecule has 83 heavy (non-hydrogen) atoms. The first-order chi connectivity index (χ1) is 40.4. The first-order valence-corrected chi connectivity index (χ1v) is 33.2. The number of rotatable bonds is 34. The molecule has 0 radical (unpaired) electrons. The van der Waals surface area contributed by atoms with Crippen molar-refractivity contribution < 1.29 is 0 Å². The predicted octanol–water partition coefficient (Wildman–Crippen LogP) is 20.1. The summed E-state index contributed by atoms with van der Waals surface area (Å²) in [5, 5.41) is 3.28. The lowest BCUT2D eigenvalue weighted by Gasteiger charge is -2.35. The summed E-state index contributed by atoms with van der Waals surface area (Å²) in [6.45, 7) is 11.6. The SMILES string of the molecule is CCCCCCCCC1(CCCCCCCC)c2cc(N(C)CCCCCCCCc3ccc4c(c3)c(=O)c3ccccc3n4C)c(C)cc2-c2cc(C)c(N(C)CCCCCCCCc3ccc4c(c3)c(=O)c3ccccc3n4C)cc21. The Kier molecular flexibility index (Phi) is 21.9. The van der Waals surface area contributed by atoms with Gasteiger partial charge in [0.2, 0.25) is 0 Å². The minimum absolute atomic E-state index is 0.0274. The van der Waals surface area contributed by atoms with Crippen LogP contribution in [0.1, 0.15) is 214 Å². The quantitative estimate of drug-likeness (QED) is 0.0298. The Morgan fingerprint density at radius 2 is 0.735 bits per heavy atom. The third-order valence-electron chi connectivity index (χ3n) is 19.5. The van der Waals surface area contributed by atoms with Crippen LogP contribution in [0.4, 0.5) is 11.4 Å². The van der Waals surface area contributed by atoms with Crippen LogP contribution in [0, 0.1) is 13.8 Å². The molecule has 0 unspecified atom stereocenters. The number of hydrogen-bond donors (Lipinski definition) is 0. The van der Waals surface area contributed by atoms with Gasteiger partial charge >= 0.3 is 0 Å². The molecule has 0 amide bonds. The van der Waals surface area contributed by atoms with E-state index in [2.05, 4.69) is 135 Å². The molecule has 6 heteroatoms. The highest BCUT2D eigenvalue weighted by atomic mass is 16.1. The summed E-state index contributed by atoms with van der Waals surface area (Å²) in [6, 6.07) is 39.6. The largest absolute Gasteiger partial charge is 0.374 e. The highest BCUT2D eigenvalue weighted by Crippen LogP contribution is 2.57. The van der Waals surface area contributed by atoms with Crippen molar-refractivity contribution in [3.63, 3.8) is 0 Å². The van der Waals surface area contributed by atoms with E-state index in [1.165, 1.54) is 199 Å². The van der Waals surface area contributed by atoms with Gasteiger partial charge in [-0.3, -0.25) is 9.59 Å². The molecule has 1 aliphatic carbocycles. The lowest BCUT2D eigenvalue weighted by atomic mass is 9.70. The molecular formula is C77H102N4O2. The zero-order valence-corrected chi connectivity index (χ0v) is 52.7. The predicted molar refractivity (Wildman–Crippen MR) is 361 cm³/mol. The lowest BCUT2D eigenvalue weighted by molar-refractivity contribution is 0.398. The van der Waals surface area contributed by atoms with Gasteiger partial charge in [0.05, 0.1) is 22.1 Å². The maximum absolute atomic E-state index is 13.4. The average molecular weight is 1120 g/mol. The number of aromatic nitrogens is 2. The zero-order chi connectivity index (χ0) is 58.3. The molecule has 0 atom stereocenters. The normalized spacial score (nSPS) is 12.8. The van der Waals surface area contributed by atoms with Gasteiger partial charge in [0.25, 0.3) is 0 Å². The van der Waals surface area contributed by atoms with Crippen LogP contribution >= 0.6 is 0 Å². The molecule has 6 nitrogen and oxygen atoms in total. The van der Waals surface area contributed by atoms with Crippen molar-refractivity contribution in [2.24, 2.45) is 14.1 Å². The van der Waals surface area contributed by atoms with Crippen LogP contribution in [0.15, 0.2) is 119 Å². The number of pyridine rings is 2. The Morgan fingerprint density at radius 3 is 1.14 bits per heavy atom. The van der Waals surface area contributed by atoms with Gasteiger partial charge in [-0.1, -0.05) is 179 Å². The van der Waals surface area contributed by atoms with E-state index in [1.807, 2.05) is 48.5 Å². The molecule has 8 aromatic rings. The summed E-state index contributed by atoms with van der Waals surface area (Å²) in [7, 11) is 8.85. The van der Waals surface area contributed by atoms with Crippen LogP contribution in [0.2, 0.25) is 0 Å². The second kappa shape index (κ2) is 29.6. The van der Waals surface area contributed by atoms with Gasteiger partial charge < -0.3 is 18.9 Å². The van der Waals surface area contributed by atoms with Crippen LogP contribution in [0.25, 0.3) is 54.7 Å².